The fourth-order valence-corrected chi connectivity index (χ4v) is 2.91. The predicted molar refractivity (Wildman–Crippen MR) is 108 cm³/mol. The number of aromatic nitrogens is 3. The van der Waals surface area contributed by atoms with Crippen LogP contribution in [0.2, 0.25) is 0 Å². The maximum absolute atomic E-state index is 13.4. The third-order valence-corrected chi connectivity index (χ3v) is 4.39. The summed E-state index contributed by atoms with van der Waals surface area (Å²) in [6, 6.07) is 13.3. The molecule has 0 amide bonds. The molecule has 0 fully saturated rings. The number of methoxy groups -OCH3 is 2. The topological polar surface area (TPSA) is 81.3 Å². The minimum absolute atomic E-state index is 0.103. The molecule has 0 aliphatic heterocycles. The summed E-state index contributed by atoms with van der Waals surface area (Å²) in [7, 11) is 2.96. The first-order valence-electron chi connectivity index (χ1n) is 9.07. The van der Waals surface area contributed by atoms with Crippen LogP contribution in [0.4, 0.5) is 24.8 Å². The van der Waals surface area contributed by atoms with Crippen molar-refractivity contribution in [1.29, 1.82) is 0 Å². The monoisotopic (exact) mass is 430 g/mol. The van der Waals surface area contributed by atoms with Gasteiger partial charge in [0, 0.05) is 12.1 Å². The highest BCUT2D eigenvalue weighted by Crippen LogP contribution is 2.39. The number of H-pyrrole nitrogens is 1. The lowest BCUT2D eigenvalue weighted by Crippen LogP contribution is -2.08. The van der Waals surface area contributed by atoms with Crippen LogP contribution in [0.5, 0.6) is 23.3 Å². The van der Waals surface area contributed by atoms with Gasteiger partial charge >= 0.3 is 6.18 Å². The van der Waals surface area contributed by atoms with Crippen molar-refractivity contribution in [3.8, 4) is 23.3 Å². The largest absolute Gasteiger partial charge is 0.497 e. The second-order valence-corrected chi connectivity index (χ2v) is 6.40. The minimum atomic E-state index is -4.58. The number of aromatic amines is 1. The lowest BCUT2D eigenvalue weighted by molar-refractivity contribution is -0.138. The number of alkyl halides is 3. The molecule has 2 aromatic carbocycles. The standard InChI is InChI=1S/C21H17F3N4O3/c1-29-12-7-8-14-16(11-12)27-20(25-14)26-15-9-10-18(30-2)28-19(15)31-17-6-4-3-5-13(17)21(22,23)24/h3-11H,1-2H3,(H2,25,26,27). The molecule has 0 atom stereocenters. The maximum Gasteiger partial charge on any atom is 0.419 e. The number of halogens is 3. The zero-order chi connectivity index (χ0) is 22.0. The molecule has 2 aromatic heterocycles. The lowest BCUT2D eigenvalue weighted by Gasteiger charge is -2.15. The molecule has 0 bridgehead atoms. The van der Waals surface area contributed by atoms with Crippen molar-refractivity contribution >= 4 is 22.7 Å². The van der Waals surface area contributed by atoms with Crippen LogP contribution in [0.1, 0.15) is 5.56 Å². The van der Waals surface area contributed by atoms with E-state index in [4.69, 9.17) is 14.2 Å². The Bertz CT molecular complexity index is 1220. The highest BCUT2D eigenvalue weighted by Gasteiger charge is 2.34. The number of nitrogens with one attached hydrogen (secondary N) is 2. The Morgan fingerprint density at radius 3 is 2.48 bits per heavy atom. The van der Waals surface area contributed by atoms with Gasteiger partial charge in [-0.25, -0.2) is 4.98 Å². The van der Waals surface area contributed by atoms with Crippen molar-refractivity contribution in [2.24, 2.45) is 0 Å². The molecule has 0 saturated carbocycles. The van der Waals surface area contributed by atoms with Crippen molar-refractivity contribution in [2.75, 3.05) is 19.5 Å². The van der Waals surface area contributed by atoms with E-state index in [0.29, 0.717) is 28.4 Å². The van der Waals surface area contributed by atoms with Crippen LogP contribution < -0.4 is 19.5 Å². The molecule has 7 nitrogen and oxygen atoms in total. The number of para-hydroxylation sites is 1. The van der Waals surface area contributed by atoms with Gasteiger partial charge in [0.25, 0.3) is 0 Å². The van der Waals surface area contributed by atoms with Crippen molar-refractivity contribution in [2.45, 2.75) is 6.18 Å². The summed E-state index contributed by atoms with van der Waals surface area (Å²) in [5.41, 5.74) is 0.771. The second kappa shape index (κ2) is 8.05. The van der Waals surface area contributed by atoms with E-state index in [9.17, 15) is 13.2 Å². The molecule has 160 valence electrons. The molecule has 0 aliphatic carbocycles. The van der Waals surface area contributed by atoms with Crippen LogP contribution in [0.15, 0.2) is 54.6 Å². The molecule has 4 aromatic rings. The van der Waals surface area contributed by atoms with Crippen molar-refractivity contribution < 1.29 is 27.4 Å². The first kappa shape index (κ1) is 20.3. The third kappa shape index (κ3) is 4.32. The molecule has 0 radical (unpaired) electrons. The van der Waals surface area contributed by atoms with Gasteiger partial charge in [-0.1, -0.05) is 12.1 Å². The Hall–Kier alpha value is -3.95. The zero-order valence-electron chi connectivity index (χ0n) is 16.4. The number of nitrogens with zero attached hydrogens (tertiary/aromatic N) is 2. The highest BCUT2D eigenvalue weighted by atomic mass is 19.4. The molecule has 0 spiro atoms. The van der Waals surface area contributed by atoms with E-state index >= 15 is 0 Å². The summed E-state index contributed by atoms with van der Waals surface area (Å²) in [6.45, 7) is 0. The normalized spacial score (nSPS) is 11.4. The van der Waals surface area contributed by atoms with E-state index < -0.39 is 11.7 Å². The van der Waals surface area contributed by atoms with Gasteiger partial charge in [-0.05, 0) is 30.3 Å². The number of hydrogen-bond acceptors (Lipinski definition) is 6. The van der Waals surface area contributed by atoms with Gasteiger partial charge in [0.1, 0.15) is 17.2 Å². The summed E-state index contributed by atoms with van der Waals surface area (Å²) >= 11 is 0. The number of benzene rings is 2. The molecular weight excluding hydrogens is 413 g/mol. The SMILES string of the molecule is COc1ccc2nc(Nc3ccc(OC)nc3Oc3ccccc3C(F)(F)F)[nH]c2c1. The Morgan fingerprint density at radius 1 is 0.935 bits per heavy atom. The first-order valence-corrected chi connectivity index (χ1v) is 9.07. The Morgan fingerprint density at radius 2 is 1.74 bits per heavy atom. The molecular formula is C21H17F3N4O3. The van der Waals surface area contributed by atoms with Crippen LogP contribution in [-0.2, 0) is 6.18 Å². The average Bonchev–Trinajstić information content (AvgIpc) is 3.16. The highest BCUT2D eigenvalue weighted by molar-refractivity contribution is 5.80. The van der Waals surface area contributed by atoms with Crippen LogP contribution in [0, 0.1) is 0 Å². The summed E-state index contributed by atoms with van der Waals surface area (Å²) < 4.78 is 55.9. The van der Waals surface area contributed by atoms with Crippen molar-refractivity contribution in [1.82, 2.24) is 15.0 Å². The van der Waals surface area contributed by atoms with E-state index in [1.165, 1.54) is 25.3 Å². The van der Waals surface area contributed by atoms with Gasteiger partial charge in [0.15, 0.2) is 0 Å². The van der Waals surface area contributed by atoms with Crippen LogP contribution in [0.25, 0.3) is 11.0 Å². The smallest absolute Gasteiger partial charge is 0.419 e. The number of imidazole rings is 1. The summed E-state index contributed by atoms with van der Waals surface area (Å²) in [5, 5.41) is 3.00. The van der Waals surface area contributed by atoms with Crippen LogP contribution in [-0.4, -0.2) is 29.2 Å². The third-order valence-electron chi connectivity index (χ3n) is 4.39. The zero-order valence-corrected chi connectivity index (χ0v) is 16.4. The molecule has 31 heavy (non-hydrogen) atoms. The number of rotatable bonds is 6. The fourth-order valence-electron chi connectivity index (χ4n) is 2.91. The lowest BCUT2D eigenvalue weighted by atomic mass is 10.2. The van der Waals surface area contributed by atoms with E-state index in [1.807, 2.05) is 0 Å². The first-order chi connectivity index (χ1) is 14.9. The van der Waals surface area contributed by atoms with Crippen LogP contribution in [0.3, 0.4) is 0 Å². The van der Waals surface area contributed by atoms with Gasteiger partial charge in [0.2, 0.25) is 17.7 Å². The van der Waals surface area contributed by atoms with E-state index in [0.717, 1.165) is 6.07 Å². The van der Waals surface area contributed by atoms with Gasteiger partial charge in [0.05, 0.1) is 30.8 Å². The second-order valence-electron chi connectivity index (χ2n) is 6.40. The summed E-state index contributed by atoms with van der Waals surface area (Å²) in [6.07, 6.45) is -4.58. The Kier molecular flexibility index (Phi) is 5.28. The Labute approximate surface area is 174 Å². The number of fused-ring (bicyclic) bond motifs is 1. The average molecular weight is 430 g/mol. The van der Waals surface area contributed by atoms with Gasteiger partial charge < -0.3 is 24.5 Å². The molecule has 4 rings (SSSR count). The predicted octanol–water partition coefficient (Wildman–Crippen LogP) is 5.53. The number of anilines is 2. The van der Waals surface area contributed by atoms with Crippen LogP contribution >= 0.6 is 0 Å². The van der Waals surface area contributed by atoms with Gasteiger partial charge in [-0.15, -0.1) is 0 Å². The number of ether oxygens (including phenoxy) is 3. The van der Waals surface area contributed by atoms with Gasteiger partial charge in [-0.3, -0.25) is 0 Å². The van der Waals surface area contributed by atoms with E-state index in [-0.39, 0.29) is 17.5 Å². The van der Waals surface area contributed by atoms with E-state index in [2.05, 4.69) is 20.3 Å². The molecule has 0 saturated heterocycles. The number of hydrogen-bond donors (Lipinski definition) is 2. The Balaban J connectivity index is 1.70. The van der Waals surface area contributed by atoms with E-state index in [1.54, 1.807) is 37.4 Å². The van der Waals surface area contributed by atoms with Crippen molar-refractivity contribution in [3.05, 3.63) is 60.2 Å². The molecule has 2 N–H and O–H groups in total. The van der Waals surface area contributed by atoms with Crippen molar-refractivity contribution in [3.63, 3.8) is 0 Å². The molecule has 0 unspecified atom stereocenters. The minimum Gasteiger partial charge on any atom is -0.497 e. The quantitative estimate of drug-likeness (QED) is 0.419. The summed E-state index contributed by atoms with van der Waals surface area (Å²) in [4.78, 5) is 11.6. The molecule has 0 aliphatic rings. The fraction of sp³-hybridized carbons (Fsp3) is 0.143. The van der Waals surface area contributed by atoms with Gasteiger partial charge in [-0.2, -0.15) is 18.2 Å². The number of pyridine rings is 1. The molecule has 2 heterocycles. The molecule has 10 heteroatoms. The maximum atomic E-state index is 13.4. The summed E-state index contributed by atoms with van der Waals surface area (Å²) in [5.74, 6) is 0.701.